The lowest BCUT2D eigenvalue weighted by Gasteiger charge is -2.21. The van der Waals surface area contributed by atoms with Gasteiger partial charge in [0, 0.05) is 33.8 Å². The van der Waals surface area contributed by atoms with Gasteiger partial charge in [-0.1, -0.05) is 35.0 Å². The summed E-state index contributed by atoms with van der Waals surface area (Å²) in [7, 11) is 0. The maximum atomic E-state index is 13.6. The summed E-state index contributed by atoms with van der Waals surface area (Å²) >= 11 is 12.4. The maximum Gasteiger partial charge on any atom is 0.254 e. The molecule has 1 fully saturated rings. The van der Waals surface area contributed by atoms with Crippen LogP contribution in [0.1, 0.15) is 29.9 Å². The second kappa shape index (κ2) is 8.54. The fraction of sp³-hybridized carbons (Fsp3) is 0.179. The highest BCUT2D eigenvalue weighted by Crippen LogP contribution is 2.60. The normalized spacial score (nSPS) is 20.4. The monoisotopic (exact) mass is 570 g/mol. The van der Waals surface area contributed by atoms with Crippen LogP contribution >= 0.6 is 23.2 Å². The number of rotatable bonds is 4. The molecule has 3 atom stereocenters. The maximum absolute atomic E-state index is 13.6. The van der Waals surface area contributed by atoms with Crippen molar-refractivity contribution < 1.29 is 4.74 Å². The summed E-state index contributed by atoms with van der Waals surface area (Å²) < 4.78 is 9.14. The third kappa shape index (κ3) is 3.67. The molecule has 0 bridgehead atoms. The Labute approximate surface area is 237 Å². The number of hydrogen-bond donors (Lipinski definition) is 2. The molecule has 1 saturated carbocycles. The lowest BCUT2D eigenvalue weighted by Crippen LogP contribution is -2.27. The van der Waals surface area contributed by atoms with Crippen LogP contribution < -0.4 is 15.6 Å². The van der Waals surface area contributed by atoms with Gasteiger partial charge in [0.2, 0.25) is 0 Å². The highest BCUT2D eigenvalue weighted by Gasteiger charge is 2.55. The number of benzene rings is 2. The second-order valence-electron chi connectivity index (χ2n) is 10.2. The number of ether oxygens (including phenoxy) is 1. The third-order valence-corrected chi connectivity index (χ3v) is 8.07. The first-order valence-corrected chi connectivity index (χ1v) is 13.5. The van der Waals surface area contributed by atoms with Gasteiger partial charge in [0.05, 0.1) is 41.2 Å². The molecule has 0 spiro atoms. The van der Waals surface area contributed by atoms with E-state index in [9.17, 15) is 4.79 Å². The van der Waals surface area contributed by atoms with Gasteiger partial charge >= 0.3 is 0 Å². The minimum atomic E-state index is -0.165. The Hall–Kier alpha value is -4.41. The van der Waals surface area contributed by atoms with E-state index in [0.717, 1.165) is 40.6 Å². The van der Waals surface area contributed by atoms with Crippen LogP contribution in [0.5, 0.6) is 5.75 Å². The van der Waals surface area contributed by atoms with E-state index >= 15 is 0 Å². The molecular weight excluding hydrogens is 551 g/mol. The molecule has 3 aliphatic rings. The number of anilines is 1. The summed E-state index contributed by atoms with van der Waals surface area (Å²) in [6.45, 7) is 4.34. The Bertz CT molecular complexity index is 1930. The minimum Gasteiger partial charge on any atom is -0.485 e. The van der Waals surface area contributed by atoms with E-state index in [1.807, 2.05) is 30.5 Å². The fourth-order valence-corrected chi connectivity index (χ4v) is 6.10. The number of nitrogens with zero attached hydrogens (tertiary/aromatic N) is 6. The van der Waals surface area contributed by atoms with Crippen molar-refractivity contribution in [2.24, 2.45) is 5.92 Å². The predicted octanol–water partition coefficient (Wildman–Crippen LogP) is 5.21. The zero-order valence-corrected chi connectivity index (χ0v) is 22.3. The summed E-state index contributed by atoms with van der Waals surface area (Å²) in [5.41, 5.74) is 5.21. The van der Waals surface area contributed by atoms with Gasteiger partial charge in [-0.3, -0.25) is 9.36 Å². The van der Waals surface area contributed by atoms with Crippen molar-refractivity contribution in [3.8, 4) is 34.1 Å². The Morgan fingerprint density at radius 2 is 2.02 bits per heavy atom. The summed E-state index contributed by atoms with van der Waals surface area (Å²) in [6.07, 6.45) is 4.37. The Kier molecular flexibility index (Phi) is 5.01. The van der Waals surface area contributed by atoms with Crippen molar-refractivity contribution in [3.05, 3.63) is 99.2 Å². The zero-order chi connectivity index (χ0) is 27.1. The summed E-state index contributed by atoms with van der Waals surface area (Å²) in [6, 6.07) is 12.6. The molecule has 12 heteroatoms. The number of fused-ring (bicyclic) bond motifs is 4. The first-order valence-electron chi connectivity index (χ1n) is 12.7. The molecule has 2 N–H and O–H groups in total. The molecule has 3 unspecified atom stereocenters. The number of imidazole rings is 1. The second-order valence-corrected chi connectivity index (χ2v) is 11.0. The largest absolute Gasteiger partial charge is 0.485 e. The van der Waals surface area contributed by atoms with E-state index in [4.69, 9.17) is 32.9 Å². The Morgan fingerprint density at radius 1 is 1.12 bits per heavy atom. The fourth-order valence-electron chi connectivity index (χ4n) is 5.80. The number of aromatic amines is 1. The first-order chi connectivity index (χ1) is 19.4. The molecule has 5 heterocycles. The van der Waals surface area contributed by atoms with Crippen LogP contribution in [-0.4, -0.2) is 41.1 Å². The van der Waals surface area contributed by atoms with Gasteiger partial charge in [-0.15, -0.1) is 5.10 Å². The summed E-state index contributed by atoms with van der Waals surface area (Å²) in [4.78, 5) is 26.7. The summed E-state index contributed by atoms with van der Waals surface area (Å²) in [5.74, 6) is 2.70. The summed E-state index contributed by atoms with van der Waals surface area (Å²) in [5, 5.41) is 12.0. The van der Waals surface area contributed by atoms with Crippen LogP contribution in [0.15, 0.2) is 71.9 Å². The highest BCUT2D eigenvalue weighted by atomic mass is 35.5. The van der Waals surface area contributed by atoms with E-state index in [-0.39, 0.29) is 28.6 Å². The lowest BCUT2D eigenvalue weighted by atomic mass is 10.1. The van der Waals surface area contributed by atoms with Gasteiger partial charge in [-0.25, -0.2) is 14.6 Å². The Balaban J connectivity index is 1.17. The van der Waals surface area contributed by atoms with Crippen LogP contribution in [0, 0.1) is 5.92 Å². The minimum absolute atomic E-state index is 0.135. The molecule has 8 rings (SSSR count). The van der Waals surface area contributed by atoms with Gasteiger partial charge in [0.1, 0.15) is 24.0 Å². The van der Waals surface area contributed by atoms with Crippen LogP contribution in [-0.2, 0) is 0 Å². The third-order valence-electron chi connectivity index (χ3n) is 7.66. The number of hydrogen-bond acceptors (Lipinski definition) is 7. The topological polar surface area (TPSA) is 116 Å². The van der Waals surface area contributed by atoms with Crippen molar-refractivity contribution in [2.45, 2.75) is 18.4 Å². The SMILES string of the molecule is C=C1COc2cc(-c3ncc(C4C5CC5c5nc(-c6cc(Cl)ccc6-n6cc(Cl)nn6)cc(=O)n54)[nH]3)ccc2N1. The quantitative estimate of drug-likeness (QED) is 0.304. The van der Waals surface area contributed by atoms with E-state index in [0.29, 0.717) is 34.4 Å². The molecule has 1 aliphatic carbocycles. The molecule has 5 aromatic rings. The number of aromatic nitrogens is 7. The van der Waals surface area contributed by atoms with Crippen molar-refractivity contribution in [1.82, 2.24) is 34.5 Å². The van der Waals surface area contributed by atoms with Crippen molar-refractivity contribution in [2.75, 3.05) is 11.9 Å². The lowest BCUT2D eigenvalue weighted by molar-refractivity contribution is 0.347. The number of H-pyrrole nitrogens is 1. The number of halogens is 2. The van der Waals surface area contributed by atoms with Crippen molar-refractivity contribution >= 4 is 28.9 Å². The van der Waals surface area contributed by atoms with Gasteiger partial charge in [-0.05, 0) is 48.7 Å². The average Bonchev–Trinajstić information content (AvgIpc) is 3.23. The van der Waals surface area contributed by atoms with Crippen molar-refractivity contribution in [3.63, 3.8) is 0 Å². The molecule has 3 aromatic heterocycles. The van der Waals surface area contributed by atoms with Crippen LogP contribution in [0.3, 0.4) is 0 Å². The molecule has 10 nitrogen and oxygen atoms in total. The van der Waals surface area contributed by atoms with E-state index in [1.165, 1.54) is 0 Å². The zero-order valence-electron chi connectivity index (χ0n) is 20.8. The van der Waals surface area contributed by atoms with E-state index in [2.05, 4.69) is 32.2 Å². The van der Waals surface area contributed by atoms with Gasteiger partial charge < -0.3 is 15.0 Å². The van der Waals surface area contributed by atoms with Crippen LogP contribution in [0.25, 0.3) is 28.3 Å². The van der Waals surface area contributed by atoms with Gasteiger partial charge in [0.25, 0.3) is 5.56 Å². The molecule has 40 heavy (non-hydrogen) atoms. The Morgan fingerprint density at radius 3 is 2.88 bits per heavy atom. The molecule has 2 aromatic carbocycles. The van der Waals surface area contributed by atoms with Crippen LogP contribution in [0.4, 0.5) is 5.69 Å². The van der Waals surface area contributed by atoms with Gasteiger partial charge in [-0.2, -0.15) is 0 Å². The molecule has 0 saturated heterocycles. The average molecular weight is 571 g/mol. The van der Waals surface area contributed by atoms with Gasteiger partial charge in [0.15, 0.2) is 5.15 Å². The molecule has 0 radical (unpaired) electrons. The molecule has 0 amide bonds. The standard InChI is InChI=1S/C28H20Cl2N8O2/c1-13-12-40-23-6-14(2-4-19(23)32-13)27-31-10-21(33-27)26-16-8-17(16)28-34-20(9-25(39)38(26)28)18-7-15(29)3-5-22(18)37-11-24(30)35-36-37/h2-7,9-11,16-17,26,32H,1,8,12H2,(H,31,33). The van der Waals surface area contributed by atoms with E-state index in [1.54, 1.807) is 33.6 Å². The smallest absolute Gasteiger partial charge is 0.254 e. The molecule has 2 aliphatic heterocycles. The molecular formula is C28H20Cl2N8O2. The number of nitrogens with one attached hydrogen (secondary N) is 2. The first kappa shape index (κ1) is 23.5. The highest BCUT2D eigenvalue weighted by molar-refractivity contribution is 6.31. The van der Waals surface area contributed by atoms with E-state index < -0.39 is 0 Å². The predicted molar refractivity (Wildman–Crippen MR) is 150 cm³/mol. The molecule has 198 valence electrons. The van der Waals surface area contributed by atoms with Crippen LogP contribution in [0.2, 0.25) is 10.2 Å². The van der Waals surface area contributed by atoms with Crippen molar-refractivity contribution in [1.29, 1.82) is 0 Å².